The number of carbonyl (C=O) groups excluding carboxylic acids is 1. The average Bonchev–Trinajstić information content (AvgIpc) is 3.02. The van der Waals surface area contributed by atoms with Crippen LogP contribution >= 0.6 is 0 Å². The summed E-state index contributed by atoms with van der Waals surface area (Å²) in [4.78, 5) is 12.4. The van der Waals surface area contributed by atoms with Gasteiger partial charge in [-0.2, -0.15) is 0 Å². The molecule has 1 amide bonds. The Hall–Kier alpha value is -1.44. The Morgan fingerprint density at radius 1 is 1.22 bits per heavy atom. The van der Waals surface area contributed by atoms with Crippen molar-refractivity contribution < 1.29 is 13.2 Å². The van der Waals surface area contributed by atoms with Crippen molar-refractivity contribution in [2.45, 2.75) is 49.0 Å². The number of rotatable bonds is 7. The van der Waals surface area contributed by atoms with Crippen LogP contribution in [-0.2, 0) is 21.2 Å². The molecule has 7 heteroatoms. The number of amides is 1. The number of benzene rings is 1. The molecule has 0 bridgehead atoms. The predicted octanol–water partition coefficient (Wildman–Crippen LogP) is 0.915. The molecule has 2 rings (SSSR count). The number of carbonyl (C=O) groups is 1. The summed E-state index contributed by atoms with van der Waals surface area (Å²) < 4.78 is 25.6. The first-order valence-electron chi connectivity index (χ1n) is 7.94. The second-order valence-corrected chi connectivity index (χ2v) is 7.98. The van der Waals surface area contributed by atoms with Crippen LogP contribution < -0.4 is 15.8 Å². The van der Waals surface area contributed by atoms with Crippen LogP contribution in [0.1, 0.15) is 37.7 Å². The van der Waals surface area contributed by atoms with Gasteiger partial charge < -0.3 is 11.1 Å². The Kier molecular flexibility index (Phi) is 5.78. The first-order valence-corrected chi connectivity index (χ1v) is 9.43. The molecule has 0 aromatic heterocycles. The zero-order valence-electron chi connectivity index (χ0n) is 13.5. The fourth-order valence-electron chi connectivity index (χ4n) is 3.00. The zero-order valence-corrected chi connectivity index (χ0v) is 14.3. The van der Waals surface area contributed by atoms with E-state index in [1.165, 1.54) is 7.05 Å². The third kappa shape index (κ3) is 4.53. The maximum atomic E-state index is 12.1. The molecule has 23 heavy (non-hydrogen) atoms. The Balaban J connectivity index is 1.89. The van der Waals surface area contributed by atoms with E-state index >= 15 is 0 Å². The highest BCUT2D eigenvalue weighted by atomic mass is 32.2. The quantitative estimate of drug-likeness (QED) is 0.687. The van der Waals surface area contributed by atoms with E-state index < -0.39 is 10.0 Å². The van der Waals surface area contributed by atoms with Crippen LogP contribution in [0.2, 0.25) is 0 Å². The summed E-state index contributed by atoms with van der Waals surface area (Å²) in [6, 6.07) is 6.59. The van der Waals surface area contributed by atoms with Gasteiger partial charge in [0.05, 0.1) is 10.4 Å². The van der Waals surface area contributed by atoms with Crippen LogP contribution in [0.15, 0.2) is 29.2 Å². The van der Waals surface area contributed by atoms with Crippen molar-refractivity contribution in [3.05, 3.63) is 29.8 Å². The molecule has 1 aliphatic rings. The summed E-state index contributed by atoms with van der Waals surface area (Å²) >= 11 is 0. The molecular weight excluding hydrogens is 314 g/mol. The van der Waals surface area contributed by atoms with Gasteiger partial charge in [-0.15, -0.1) is 0 Å². The molecule has 0 saturated heterocycles. The number of hydrogen-bond donors (Lipinski definition) is 3. The molecule has 0 heterocycles. The van der Waals surface area contributed by atoms with Crippen molar-refractivity contribution in [1.29, 1.82) is 0 Å². The number of aryl methyl sites for hydroxylation is 1. The Bertz CT molecular complexity index is 635. The van der Waals surface area contributed by atoms with Gasteiger partial charge in [0.25, 0.3) is 0 Å². The topological polar surface area (TPSA) is 101 Å². The van der Waals surface area contributed by atoms with Gasteiger partial charge >= 0.3 is 0 Å². The highest BCUT2D eigenvalue weighted by molar-refractivity contribution is 7.89. The van der Waals surface area contributed by atoms with Crippen molar-refractivity contribution in [3.8, 4) is 0 Å². The predicted molar refractivity (Wildman–Crippen MR) is 89.4 cm³/mol. The molecule has 1 aromatic rings. The third-order valence-corrected chi connectivity index (χ3v) is 5.93. The summed E-state index contributed by atoms with van der Waals surface area (Å²) in [7, 11) is -2.04. The van der Waals surface area contributed by atoms with Crippen LogP contribution in [0.4, 0.5) is 0 Å². The number of sulfonamides is 1. The van der Waals surface area contributed by atoms with E-state index in [-0.39, 0.29) is 16.3 Å². The molecule has 0 spiro atoms. The highest BCUT2D eigenvalue weighted by Gasteiger charge is 2.33. The molecule has 128 valence electrons. The lowest BCUT2D eigenvalue weighted by Gasteiger charge is -2.28. The van der Waals surface area contributed by atoms with Crippen LogP contribution in [0.3, 0.4) is 0 Å². The molecule has 0 unspecified atom stereocenters. The number of nitrogens with two attached hydrogens (primary N) is 1. The molecule has 1 fully saturated rings. The molecule has 1 aromatic carbocycles. The maximum absolute atomic E-state index is 12.1. The van der Waals surface area contributed by atoms with Gasteiger partial charge in [0.15, 0.2) is 0 Å². The van der Waals surface area contributed by atoms with Gasteiger partial charge in [-0.3, -0.25) is 4.79 Å². The molecule has 0 radical (unpaired) electrons. The minimum atomic E-state index is -3.42. The van der Waals surface area contributed by atoms with E-state index in [9.17, 15) is 13.2 Å². The van der Waals surface area contributed by atoms with Gasteiger partial charge in [0.2, 0.25) is 15.9 Å². The summed E-state index contributed by atoms with van der Waals surface area (Å²) in [5.41, 5.74) is 6.53. The van der Waals surface area contributed by atoms with Gasteiger partial charge in [-0.1, -0.05) is 25.0 Å². The SMILES string of the molecule is CNS(=O)(=O)c1ccc(CCC(=O)NC2(CN)CCCC2)cc1. The minimum absolute atomic E-state index is 0.00396. The number of hydrogen-bond acceptors (Lipinski definition) is 4. The second-order valence-electron chi connectivity index (χ2n) is 6.09. The monoisotopic (exact) mass is 339 g/mol. The van der Waals surface area contributed by atoms with E-state index in [2.05, 4.69) is 10.0 Å². The third-order valence-electron chi connectivity index (χ3n) is 4.50. The molecular formula is C16H25N3O3S. The van der Waals surface area contributed by atoms with Crippen molar-refractivity contribution in [3.63, 3.8) is 0 Å². The lowest BCUT2D eigenvalue weighted by Crippen LogP contribution is -2.51. The summed E-state index contributed by atoms with van der Waals surface area (Å²) in [5.74, 6) is 0.00396. The minimum Gasteiger partial charge on any atom is -0.349 e. The van der Waals surface area contributed by atoms with E-state index in [4.69, 9.17) is 5.73 Å². The summed E-state index contributed by atoms with van der Waals surface area (Å²) in [6.07, 6.45) is 5.07. The first kappa shape index (κ1) is 17.9. The molecule has 0 atom stereocenters. The van der Waals surface area contributed by atoms with E-state index in [0.717, 1.165) is 31.2 Å². The first-order chi connectivity index (χ1) is 10.9. The largest absolute Gasteiger partial charge is 0.349 e. The Labute approximate surface area is 137 Å². The van der Waals surface area contributed by atoms with Crippen molar-refractivity contribution >= 4 is 15.9 Å². The highest BCUT2D eigenvalue weighted by Crippen LogP contribution is 2.28. The Morgan fingerprint density at radius 2 is 1.83 bits per heavy atom. The van der Waals surface area contributed by atoms with Crippen LogP contribution in [0.5, 0.6) is 0 Å². The summed E-state index contributed by atoms with van der Waals surface area (Å²) in [5, 5.41) is 3.09. The smallest absolute Gasteiger partial charge is 0.240 e. The van der Waals surface area contributed by atoms with Crippen molar-refractivity contribution in [2.24, 2.45) is 5.73 Å². The van der Waals surface area contributed by atoms with E-state index in [1.807, 2.05) is 0 Å². The van der Waals surface area contributed by atoms with Gasteiger partial charge in [-0.25, -0.2) is 13.1 Å². The van der Waals surface area contributed by atoms with Gasteiger partial charge in [-0.05, 0) is 44.0 Å². The van der Waals surface area contributed by atoms with Crippen molar-refractivity contribution in [1.82, 2.24) is 10.0 Å². The molecule has 4 N–H and O–H groups in total. The Morgan fingerprint density at radius 3 is 2.35 bits per heavy atom. The maximum Gasteiger partial charge on any atom is 0.240 e. The second kappa shape index (κ2) is 7.42. The molecule has 6 nitrogen and oxygen atoms in total. The molecule has 1 saturated carbocycles. The van der Waals surface area contributed by atoms with Crippen LogP contribution in [0, 0.1) is 0 Å². The van der Waals surface area contributed by atoms with E-state index in [0.29, 0.717) is 19.4 Å². The normalized spacial score (nSPS) is 17.1. The average molecular weight is 339 g/mol. The van der Waals surface area contributed by atoms with Crippen LogP contribution in [0.25, 0.3) is 0 Å². The lowest BCUT2D eigenvalue weighted by atomic mass is 9.97. The standard InChI is InChI=1S/C16H25N3O3S/c1-18-23(21,22)14-7-4-13(5-8-14)6-9-15(20)19-16(12-17)10-2-3-11-16/h4-5,7-8,18H,2-3,6,9-12,17H2,1H3,(H,19,20). The number of nitrogens with one attached hydrogen (secondary N) is 2. The fraction of sp³-hybridized carbons (Fsp3) is 0.562. The van der Waals surface area contributed by atoms with Gasteiger partial charge in [0, 0.05) is 13.0 Å². The lowest BCUT2D eigenvalue weighted by molar-refractivity contribution is -0.122. The fourth-order valence-corrected chi connectivity index (χ4v) is 3.73. The van der Waals surface area contributed by atoms with Crippen molar-refractivity contribution in [2.75, 3.05) is 13.6 Å². The zero-order chi connectivity index (χ0) is 16.9. The molecule has 0 aliphatic heterocycles. The molecule has 1 aliphatic carbocycles. The summed E-state index contributed by atoms with van der Waals surface area (Å²) in [6.45, 7) is 0.481. The van der Waals surface area contributed by atoms with Gasteiger partial charge in [0.1, 0.15) is 0 Å². The van der Waals surface area contributed by atoms with E-state index in [1.54, 1.807) is 24.3 Å². The van der Waals surface area contributed by atoms with Crippen LogP contribution in [-0.4, -0.2) is 33.5 Å².